The Morgan fingerprint density at radius 1 is 1.14 bits per heavy atom. The first-order valence-electron chi connectivity index (χ1n) is 6.48. The molecule has 0 aliphatic heterocycles. The normalized spacial score (nSPS) is 12.0. The molecule has 1 unspecified atom stereocenters. The molecule has 0 bridgehead atoms. The summed E-state index contributed by atoms with van der Waals surface area (Å²) in [4.78, 5) is 14.1. The van der Waals surface area contributed by atoms with E-state index in [0.717, 1.165) is 5.56 Å². The Balaban J connectivity index is 2.24. The highest BCUT2D eigenvalue weighted by atomic mass is 35.5. The number of amides is 1. The zero-order chi connectivity index (χ0) is 15.6. The molecule has 0 aromatic heterocycles. The Bertz CT molecular complexity index is 656. The number of rotatable bonds is 3. The first-order valence-corrected chi connectivity index (χ1v) is 7.23. The lowest BCUT2D eigenvalue weighted by Gasteiger charge is -2.26. The van der Waals surface area contributed by atoms with Gasteiger partial charge in [0.2, 0.25) is 0 Å². The van der Waals surface area contributed by atoms with Crippen molar-refractivity contribution in [3.05, 3.63) is 63.6 Å². The molecule has 5 heteroatoms. The highest BCUT2D eigenvalue weighted by molar-refractivity contribution is 6.35. The van der Waals surface area contributed by atoms with Crippen molar-refractivity contribution in [2.45, 2.75) is 13.0 Å². The SMILES string of the molecule is CC(c1ccc(Cl)cc1Cl)N(C)C(=O)c1ccc(N)cc1. The van der Waals surface area contributed by atoms with Crippen LogP contribution >= 0.6 is 23.2 Å². The summed E-state index contributed by atoms with van der Waals surface area (Å²) in [6.45, 7) is 1.92. The van der Waals surface area contributed by atoms with Gasteiger partial charge < -0.3 is 10.6 Å². The molecule has 0 saturated heterocycles. The molecule has 110 valence electrons. The molecule has 0 fully saturated rings. The highest BCUT2D eigenvalue weighted by Crippen LogP contribution is 2.29. The Hall–Kier alpha value is -1.71. The number of anilines is 1. The average molecular weight is 323 g/mol. The number of nitrogens with two attached hydrogens (primary N) is 1. The summed E-state index contributed by atoms with van der Waals surface area (Å²) in [5.74, 6) is -0.0893. The van der Waals surface area contributed by atoms with Crippen LogP contribution in [0.2, 0.25) is 10.0 Å². The minimum Gasteiger partial charge on any atom is -0.399 e. The molecule has 0 radical (unpaired) electrons. The molecule has 2 aromatic carbocycles. The van der Waals surface area contributed by atoms with E-state index >= 15 is 0 Å². The Kier molecular flexibility index (Phi) is 4.76. The van der Waals surface area contributed by atoms with Crippen molar-refractivity contribution < 1.29 is 4.79 Å². The quantitative estimate of drug-likeness (QED) is 0.851. The van der Waals surface area contributed by atoms with Gasteiger partial charge >= 0.3 is 0 Å². The van der Waals surface area contributed by atoms with Crippen LogP contribution in [0, 0.1) is 0 Å². The van der Waals surface area contributed by atoms with Gasteiger partial charge in [-0.15, -0.1) is 0 Å². The van der Waals surface area contributed by atoms with Crippen LogP contribution in [-0.2, 0) is 0 Å². The van der Waals surface area contributed by atoms with Gasteiger partial charge in [-0.25, -0.2) is 0 Å². The Morgan fingerprint density at radius 2 is 1.76 bits per heavy atom. The van der Waals surface area contributed by atoms with Crippen molar-refractivity contribution >= 4 is 34.8 Å². The highest BCUT2D eigenvalue weighted by Gasteiger charge is 2.20. The molecule has 0 aliphatic carbocycles. The minimum absolute atomic E-state index is 0.0893. The molecule has 3 nitrogen and oxygen atoms in total. The molecular formula is C16H16Cl2N2O. The van der Waals surface area contributed by atoms with E-state index in [-0.39, 0.29) is 11.9 Å². The third-order valence-electron chi connectivity index (χ3n) is 3.47. The zero-order valence-electron chi connectivity index (χ0n) is 11.8. The maximum absolute atomic E-state index is 12.5. The van der Waals surface area contributed by atoms with Gasteiger partial charge in [-0.3, -0.25) is 4.79 Å². The van der Waals surface area contributed by atoms with Crippen LogP contribution in [-0.4, -0.2) is 17.9 Å². The van der Waals surface area contributed by atoms with Gasteiger partial charge in [0.25, 0.3) is 5.91 Å². The third-order valence-corrected chi connectivity index (χ3v) is 4.03. The van der Waals surface area contributed by atoms with Crippen molar-refractivity contribution in [3.63, 3.8) is 0 Å². The van der Waals surface area contributed by atoms with Crippen molar-refractivity contribution in [1.29, 1.82) is 0 Å². The summed E-state index contributed by atoms with van der Waals surface area (Å²) < 4.78 is 0. The van der Waals surface area contributed by atoms with E-state index in [1.807, 2.05) is 13.0 Å². The van der Waals surface area contributed by atoms with Gasteiger partial charge in [-0.1, -0.05) is 29.3 Å². The molecule has 1 amide bonds. The van der Waals surface area contributed by atoms with Gasteiger partial charge in [0.1, 0.15) is 0 Å². The number of hydrogen-bond acceptors (Lipinski definition) is 2. The van der Waals surface area contributed by atoms with E-state index in [1.54, 1.807) is 48.3 Å². The molecule has 2 rings (SSSR count). The van der Waals surface area contributed by atoms with E-state index < -0.39 is 0 Å². The van der Waals surface area contributed by atoms with Gasteiger partial charge in [-0.05, 0) is 48.9 Å². The fourth-order valence-corrected chi connectivity index (χ4v) is 2.62. The predicted molar refractivity (Wildman–Crippen MR) is 87.8 cm³/mol. The lowest BCUT2D eigenvalue weighted by molar-refractivity contribution is 0.0743. The van der Waals surface area contributed by atoms with Crippen LogP contribution in [0.3, 0.4) is 0 Å². The number of halogens is 2. The second-order valence-electron chi connectivity index (χ2n) is 4.88. The first kappa shape index (κ1) is 15.7. The summed E-state index contributed by atoms with van der Waals surface area (Å²) in [5, 5.41) is 1.12. The van der Waals surface area contributed by atoms with E-state index in [4.69, 9.17) is 28.9 Å². The number of carbonyl (C=O) groups excluding carboxylic acids is 1. The smallest absolute Gasteiger partial charge is 0.254 e. The lowest BCUT2D eigenvalue weighted by Crippen LogP contribution is -2.29. The van der Waals surface area contributed by atoms with Crippen LogP contribution in [0.1, 0.15) is 28.9 Å². The molecule has 1 atom stereocenters. The maximum atomic E-state index is 12.5. The number of carbonyl (C=O) groups is 1. The third kappa shape index (κ3) is 3.49. The summed E-state index contributed by atoms with van der Waals surface area (Å²) in [6.07, 6.45) is 0. The van der Waals surface area contributed by atoms with Crippen LogP contribution in [0.15, 0.2) is 42.5 Å². The molecule has 21 heavy (non-hydrogen) atoms. The Labute approximate surface area is 134 Å². The molecule has 0 heterocycles. The van der Waals surface area contributed by atoms with E-state index in [0.29, 0.717) is 21.3 Å². The standard InChI is InChI=1S/C16H16Cl2N2O/c1-10(14-8-5-12(17)9-15(14)18)20(2)16(21)11-3-6-13(19)7-4-11/h3-10H,19H2,1-2H3. The van der Waals surface area contributed by atoms with E-state index in [9.17, 15) is 4.79 Å². The van der Waals surface area contributed by atoms with Crippen molar-refractivity contribution in [2.75, 3.05) is 12.8 Å². The maximum Gasteiger partial charge on any atom is 0.254 e. The van der Waals surface area contributed by atoms with E-state index in [2.05, 4.69) is 0 Å². The molecule has 0 aliphatic rings. The largest absolute Gasteiger partial charge is 0.399 e. The topological polar surface area (TPSA) is 46.3 Å². The predicted octanol–water partition coefficient (Wildman–Crippen LogP) is 4.41. The fraction of sp³-hybridized carbons (Fsp3) is 0.188. The van der Waals surface area contributed by atoms with Crippen molar-refractivity contribution in [1.82, 2.24) is 4.90 Å². The van der Waals surface area contributed by atoms with Gasteiger partial charge in [-0.2, -0.15) is 0 Å². The Morgan fingerprint density at radius 3 is 2.33 bits per heavy atom. The molecule has 0 saturated carbocycles. The van der Waals surface area contributed by atoms with Gasteiger partial charge in [0.15, 0.2) is 0 Å². The van der Waals surface area contributed by atoms with Crippen LogP contribution in [0.5, 0.6) is 0 Å². The lowest BCUT2D eigenvalue weighted by atomic mass is 10.1. The number of benzene rings is 2. The van der Waals surface area contributed by atoms with Gasteiger partial charge in [0.05, 0.1) is 6.04 Å². The number of nitrogen functional groups attached to an aromatic ring is 1. The molecule has 2 N–H and O–H groups in total. The monoisotopic (exact) mass is 322 g/mol. The molecular weight excluding hydrogens is 307 g/mol. The first-order chi connectivity index (χ1) is 9.90. The summed E-state index contributed by atoms with van der Waals surface area (Å²) in [7, 11) is 1.74. The van der Waals surface area contributed by atoms with Crippen LogP contribution in [0.25, 0.3) is 0 Å². The van der Waals surface area contributed by atoms with E-state index in [1.165, 1.54) is 0 Å². The zero-order valence-corrected chi connectivity index (χ0v) is 13.3. The summed E-state index contributed by atoms with van der Waals surface area (Å²) in [6, 6.07) is 12.0. The van der Waals surface area contributed by atoms with Gasteiger partial charge in [0, 0.05) is 28.3 Å². The second kappa shape index (κ2) is 6.37. The second-order valence-corrected chi connectivity index (χ2v) is 5.72. The fourth-order valence-electron chi connectivity index (χ4n) is 2.05. The van der Waals surface area contributed by atoms with Crippen LogP contribution in [0.4, 0.5) is 5.69 Å². The minimum atomic E-state index is -0.167. The van der Waals surface area contributed by atoms with Crippen LogP contribution < -0.4 is 5.73 Å². The average Bonchev–Trinajstić information content (AvgIpc) is 2.46. The molecule has 0 spiro atoms. The van der Waals surface area contributed by atoms with Crippen molar-refractivity contribution in [2.24, 2.45) is 0 Å². The van der Waals surface area contributed by atoms with Crippen molar-refractivity contribution in [3.8, 4) is 0 Å². The number of nitrogens with zero attached hydrogens (tertiary/aromatic N) is 1. The summed E-state index contributed by atoms with van der Waals surface area (Å²) in [5.41, 5.74) is 7.70. The summed E-state index contributed by atoms with van der Waals surface area (Å²) >= 11 is 12.1. The molecule has 2 aromatic rings. The number of hydrogen-bond donors (Lipinski definition) is 1.